The number of anilines is 1. The predicted molar refractivity (Wildman–Crippen MR) is 74.6 cm³/mol. The molecule has 1 saturated heterocycles. The van der Waals surface area contributed by atoms with Gasteiger partial charge < -0.3 is 14.7 Å². The van der Waals surface area contributed by atoms with Crippen LogP contribution in [0.3, 0.4) is 0 Å². The van der Waals surface area contributed by atoms with Crippen molar-refractivity contribution in [3.8, 4) is 0 Å². The van der Waals surface area contributed by atoms with Crippen LogP contribution in [0.1, 0.15) is 19.3 Å². The maximum absolute atomic E-state index is 12.4. The van der Waals surface area contributed by atoms with E-state index in [0.29, 0.717) is 25.3 Å². The standard InChI is InChI=1S/C15H19NO4/c17-14(10-12-6-8-20-9-7-12)16(11-15(18)19)13-4-2-1-3-5-13/h1-5,12H,6-11H2,(H,18,19). The lowest BCUT2D eigenvalue weighted by molar-refractivity contribution is -0.136. The molecule has 1 aromatic carbocycles. The second kappa shape index (κ2) is 7.05. The van der Waals surface area contributed by atoms with Crippen molar-refractivity contribution in [1.29, 1.82) is 0 Å². The van der Waals surface area contributed by atoms with Crippen LogP contribution in [-0.2, 0) is 14.3 Å². The highest BCUT2D eigenvalue weighted by molar-refractivity contribution is 5.97. The Bertz CT molecular complexity index is 454. The van der Waals surface area contributed by atoms with Crippen LogP contribution in [0.25, 0.3) is 0 Å². The molecule has 0 spiro atoms. The summed E-state index contributed by atoms with van der Waals surface area (Å²) >= 11 is 0. The van der Waals surface area contributed by atoms with Crippen LogP contribution in [0.4, 0.5) is 5.69 Å². The molecule has 0 unspecified atom stereocenters. The Kier molecular flexibility index (Phi) is 5.12. The van der Waals surface area contributed by atoms with Crippen LogP contribution in [0.5, 0.6) is 0 Å². The Morgan fingerprint density at radius 1 is 1.20 bits per heavy atom. The number of aliphatic carboxylic acids is 1. The minimum atomic E-state index is -1.01. The van der Waals surface area contributed by atoms with Crippen molar-refractivity contribution in [1.82, 2.24) is 0 Å². The van der Waals surface area contributed by atoms with Gasteiger partial charge in [-0.2, -0.15) is 0 Å². The maximum atomic E-state index is 12.4. The number of carbonyl (C=O) groups excluding carboxylic acids is 1. The van der Waals surface area contributed by atoms with Gasteiger partial charge in [-0.1, -0.05) is 18.2 Å². The van der Waals surface area contributed by atoms with Gasteiger partial charge in [-0.15, -0.1) is 0 Å². The van der Waals surface area contributed by atoms with Gasteiger partial charge in [0.1, 0.15) is 6.54 Å². The van der Waals surface area contributed by atoms with E-state index in [2.05, 4.69) is 0 Å². The van der Waals surface area contributed by atoms with Crippen molar-refractivity contribution in [3.63, 3.8) is 0 Å². The summed E-state index contributed by atoms with van der Waals surface area (Å²) < 4.78 is 5.27. The second-order valence-electron chi connectivity index (χ2n) is 4.97. The fraction of sp³-hybridized carbons (Fsp3) is 0.467. The van der Waals surface area contributed by atoms with E-state index in [1.165, 1.54) is 4.90 Å². The topological polar surface area (TPSA) is 66.8 Å². The van der Waals surface area contributed by atoms with Gasteiger partial charge in [-0.3, -0.25) is 9.59 Å². The maximum Gasteiger partial charge on any atom is 0.323 e. The third-order valence-corrected chi connectivity index (χ3v) is 3.47. The summed E-state index contributed by atoms with van der Waals surface area (Å²) in [4.78, 5) is 24.7. The monoisotopic (exact) mass is 277 g/mol. The minimum absolute atomic E-state index is 0.134. The number of nitrogens with zero attached hydrogens (tertiary/aromatic N) is 1. The van der Waals surface area contributed by atoms with Gasteiger partial charge in [0, 0.05) is 25.3 Å². The van der Waals surface area contributed by atoms with E-state index >= 15 is 0 Å². The van der Waals surface area contributed by atoms with Gasteiger partial charge in [-0.25, -0.2) is 0 Å². The van der Waals surface area contributed by atoms with Gasteiger partial charge >= 0.3 is 5.97 Å². The van der Waals surface area contributed by atoms with Gasteiger partial charge in [0.15, 0.2) is 0 Å². The first-order valence-corrected chi connectivity index (χ1v) is 6.82. The molecule has 0 bridgehead atoms. The number of carboxylic acid groups (broad SMARTS) is 1. The third-order valence-electron chi connectivity index (χ3n) is 3.47. The van der Waals surface area contributed by atoms with Crippen molar-refractivity contribution in [3.05, 3.63) is 30.3 Å². The van der Waals surface area contributed by atoms with Crippen molar-refractivity contribution >= 4 is 17.6 Å². The molecule has 0 aromatic heterocycles. The van der Waals surface area contributed by atoms with Crippen molar-refractivity contribution in [2.45, 2.75) is 19.3 Å². The molecule has 5 nitrogen and oxygen atoms in total. The SMILES string of the molecule is O=C(O)CN(C(=O)CC1CCOCC1)c1ccccc1. The summed E-state index contributed by atoms with van der Waals surface area (Å²) in [6, 6.07) is 8.94. The number of hydrogen-bond donors (Lipinski definition) is 1. The zero-order chi connectivity index (χ0) is 14.4. The summed E-state index contributed by atoms with van der Waals surface area (Å²) in [6.07, 6.45) is 2.11. The van der Waals surface area contributed by atoms with Gasteiger partial charge in [0.25, 0.3) is 0 Å². The molecule has 108 valence electrons. The molecule has 0 saturated carbocycles. The molecule has 0 atom stereocenters. The quantitative estimate of drug-likeness (QED) is 0.893. The molecule has 1 heterocycles. The molecule has 2 rings (SSSR count). The molecule has 1 aliphatic heterocycles. The molecule has 5 heteroatoms. The molecule has 20 heavy (non-hydrogen) atoms. The molecule has 0 aliphatic carbocycles. The van der Waals surface area contributed by atoms with Crippen LogP contribution in [0.15, 0.2) is 30.3 Å². The van der Waals surface area contributed by atoms with Crippen LogP contribution in [0.2, 0.25) is 0 Å². The van der Waals surface area contributed by atoms with Crippen LogP contribution in [0, 0.1) is 5.92 Å². The number of ether oxygens (including phenoxy) is 1. The van der Waals surface area contributed by atoms with E-state index in [9.17, 15) is 9.59 Å². The van der Waals surface area contributed by atoms with E-state index in [0.717, 1.165) is 12.8 Å². The molecular formula is C15H19NO4. The Morgan fingerprint density at radius 3 is 2.45 bits per heavy atom. The van der Waals surface area contributed by atoms with E-state index < -0.39 is 5.97 Å². The van der Waals surface area contributed by atoms with Crippen LogP contribution >= 0.6 is 0 Å². The van der Waals surface area contributed by atoms with Crippen molar-refractivity contribution in [2.24, 2.45) is 5.92 Å². The minimum Gasteiger partial charge on any atom is -0.480 e. The summed E-state index contributed by atoms with van der Waals surface area (Å²) in [7, 11) is 0. The molecule has 0 radical (unpaired) electrons. The molecule has 1 amide bonds. The highest BCUT2D eigenvalue weighted by Crippen LogP contribution is 2.22. The van der Waals surface area contributed by atoms with Crippen LogP contribution < -0.4 is 4.90 Å². The van der Waals surface area contributed by atoms with E-state index in [1.54, 1.807) is 24.3 Å². The highest BCUT2D eigenvalue weighted by atomic mass is 16.5. The molecule has 1 fully saturated rings. The van der Waals surface area contributed by atoms with Crippen molar-refractivity contribution in [2.75, 3.05) is 24.7 Å². The highest BCUT2D eigenvalue weighted by Gasteiger charge is 2.23. The summed E-state index contributed by atoms with van der Waals surface area (Å²) in [5.41, 5.74) is 0.631. The summed E-state index contributed by atoms with van der Waals surface area (Å²) in [5.74, 6) is -0.851. The lowest BCUT2D eigenvalue weighted by atomic mass is 9.96. The lowest BCUT2D eigenvalue weighted by Gasteiger charge is -2.26. The predicted octanol–water partition coefficient (Wildman–Crippen LogP) is 1.92. The number of benzene rings is 1. The normalized spacial score (nSPS) is 15.8. The van der Waals surface area contributed by atoms with Gasteiger partial charge in [-0.05, 0) is 30.9 Å². The first kappa shape index (κ1) is 14.5. The summed E-state index contributed by atoms with van der Waals surface area (Å²) in [6.45, 7) is 1.07. The van der Waals surface area contributed by atoms with Gasteiger partial charge in [0.05, 0.1) is 0 Å². The average molecular weight is 277 g/mol. The van der Waals surface area contributed by atoms with E-state index in [-0.39, 0.29) is 18.4 Å². The number of carbonyl (C=O) groups is 2. The van der Waals surface area contributed by atoms with Crippen LogP contribution in [-0.4, -0.2) is 36.7 Å². The molecular weight excluding hydrogens is 258 g/mol. The smallest absolute Gasteiger partial charge is 0.323 e. The number of carboxylic acids is 1. The third kappa shape index (κ3) is 4.06. The molecule has 1 N–H and O–H groups in total. The number of hydrogen-bond acceptors (Lipinski definition) is 3. The molecule has 1 aromatic rings. The number of rotatable bonds is 5. The number of para-hydroxylation sites is 1. The average Bonchev–Trinajstić information content (AvgIpc) is 2.46. The second-order valence-corrected chi connectivity index (χ2v) is 4.97. The van der Waals surface area contributed by atoms with E-state index in [4.69, 9.17) is 9.84 Å². The van der Waals surface area contributed by atoms with E-state index in [1.807, 2.05) is 6.07 Å². The largest absolute Gasteiger partial charge is 0.480 e. The Labute approximate surface area is 118 Å². The zero-order valence-corrected chi connectivity index (χ0v) is 11.3. The fourth-order valence-electron chi connectivity index (χ4n) is 2.37. The molecule has 1 aliphatic rings. The number of amides is 1. The first-order chi connectivity index (χ1) is 9.66. The lowest BCUT2D eigenvalue weighted by Crippen LogP contribution is -2.37. The van der Waals surface area contributed by atoms with Gasteiger partial charge in [0.2, 0.25) is 5.91 Å². The first-order valence-electron chi connectivity index (χ1n) is 6.82. The Hall–Kier alpha value is -1.88. The Morgan fingerprint density at radius 2 is 1.85 bits per heavy atom. The summed E-state index contributed by atoms with van der Waals surface area (Å²) in [5, 5.41) is 8.99. The Balaban J connectivity index is 2.05. The van der Waals surface area contributed by atoms with Crippen molar-refractivity contribution < 1.29 is 19.4 Å². The fourth-order valence-corrected chi connectivity index (χ4v) is 2.37. The zero-order valence-electron chi connectivity index (χ0n) is 11.3.